The summed E-state index contributed by atoms with van der Waals surface area (Å²) in [5.74, 6) is 0. The lowest BCUT2D eigenvalue weighted by Gasteiger charge is -2.08. The summed E-state index contributed by atoms with van der Waals surface area (Å²) < 4.78 is 61.2. The fraction of sp³-hybridized carbons (Fsp3) is 0.750. The van der Waals surface area contributed by atoms with E-state index in [2.05, 4.69) is 42.1 Å². The Morgan fingerprint density at radius 1 is 0.750 bits per heavy atom. The average Bonchev–Trinajstić information content (AvgIpc) is 2.62. The summed E-state index contributed by atoms with van der Waals surface area (Å²) in [6.45, 7) is 3.47. The van der Waals surface area contributed by atoms with Gasteiger partial charge in [-0.2, -0.15) is 13.2 Å². The van der Waals surface area contributed by atoms with E-state index in [0.717, 1.165) is 0 Å². The molecule has 0 fully saturated rings. The molecular weight excluding hydrogens is 391 g/mol. The minimum atomic E-state index is -6.09. The molecule has 4 nitrogen and oxygen atoms in total. The molecule has 0 bridgehead atoms. The van der Waals surface area contributed by atoms with Crippen molar-refractivity contribution in [3.8, 4) is 0 Å². The first-order valence-corrected chi connectivity index (χ1v) is 11.6. The minimum absolute atomic E-state index is 1.18. The third kappa shape index (κ3) is 15.9. The van der Waals surface area contributed by atoms with E-state index in [4.69, 9.17) is 13.0 Å². The molecule has 1 aromatic rings. The minimum Gasteiger partial charge on any atom is -0.741 e. The fourth-order valence-corrected chi connectivity index (χ4v) is 2.72. The first-order chi connectivity index (χ1) is 13.2. The van der Waals surface area contributed by atoms with Gasteiger partial charge in [0, 0.05) is 18.6 Å². The zero-order chi connectivity index (χ0) is 21.3. The largest absolute Gasteiger partial charge is 0.741 e. The Hall–Kier alpha value is -1.15. The number of aromatic nitrogens is 1. The third-order valence-electron chi connectivity index (χ3n) is 4.33. The molecule has 0 atom stereocenters. The summed E-state index contributed by atoms with van der Waals surface area (Å²) in [6, 6.07) is 6.31. The highest BCUT2D eigenvalue weighted by Crippen LogP contribution is 2.20. The number of nitrogens with zero attached hydrogens (tertiary/aromatic N) is 1. The van der Waals surface area contributed by atoms with Gasteiger partial charge in [0.25, 0.3) is 0 Å². The second kappa shape index (κ2) is 15.7. The lowest BCUT2D eigenvalue weighted by atomic mass is 10.1. The van der Waals surface area contributed by atoms with Crippen LogP contribution in [0.25, 0.3) is 0 Å². The van der Waals surface area contributed by atoms with E-state index in [1.54, 1.807) is 0 Å². The third-order valence-corrected chi connectivity index (χ3v) is 4.90. The highest BCUT2D eigenvalue weighted by molar-refractivity contribution is 7.86. The lowest BCUT2D eigenvalue weighted by molar-refractivity contribution is -0.697. The summed E-state index contributed by atoms with van der Waals surface area (Å²) in [5, 5.41) is 0. The predicted octanol–water partition coefficient (Wildman–Crippen LogP) is 5.73. The second-order valence-electron chi connectivity index (χ2n) is 6.90. The molecular formula is C20H34F3NO3S. The van der Waals surface area contributed by atoms with Crippen molar-refractivity contribution in [2.75, 3.05) is 0 Å². The van der Waals surface area contributed by atoms with Crippen molar-refractivity contribution >= 4 is 10.1 Å². The maximum Gasteiger partial charge on any atom is 0.485 e. The molecule has 1 rings (SSSR count). The molecule has 0 spiro atoms. The summed E-state index contributed by atoms with van der Waals surface area (Å²) in [7, 11) is -6.09. The van der Waals surface area contributed by atoms with Crippen molar-refractivity contribution in [3.63, 3.8) is 0 Å². The van der Waals surface area contributed by atoms with Gasteiger partial charge in [0.15, 0.2) is 22.5 Å². The van der Waals surface area contributed by atoms with Crippen molar-refractivity contribution in [1.29, 1.82) is 0 Å². The summed E-state index contributed by atoms with van der Waals surface area (Å²) in [5.41, 5.74) is -5.65. The van der Waals surface area contributed by atoms with Crippen LogP contribution in [0, 0.1) is 0 Å². The molecule has 0 amide bonds. The van der Waals surface area contributed by atoms with Crippen LogP contribution in [0.2, 0.25) is 0 Å². The Balaban J connectivity index is 0.000000769. The number of pyridine rings is 1. The zero-order valence-corrected chi connectivity index (χ0v) is 17.6. The van der Waals surface area contributed by atoms with Gasteiger partial charge in [0.05, 0.1) is 0 Å². The Morgan fingerprint density at radius 2 is 1.11 bits per heavy atom. The van der Waals surface area contributed by atoms with Crippen LogP contribution < -0.4 is 4.57 Å². The molecule has 0 saturated carbocycles. The molecule has 1 aromatic heterocycles. The number of alkyl halides is 3. The summed E-state index contributed by atoms with van der Waals surface area (Å²) in [4.78, 5) is 0. The van der Waals surface area contributed by atoms with E-state index in [-0.39, 0.29) is 0 Å². The van der Waals surface area contributed by atoms with Gasteiger partial charge < -0.3 is 4.55 Å². The van der Waals surface area contributed by atoms with Crippen LogP contribution in [-0.4, -0.2) is 18.5 Å². The molecule has 0 radical (unpaired) electrons. The smallest absolute Gasteiger partial charge is 0.485 e. The Labute approximate surface area is 167 Å². The van der Waals surface area contributed by atoms with E-state index in [1.807, 2.05) is 0 Å². The van der Waals surface area contributed by atoms with E-state index in [1.165, 1.54) is 83.6 Å². The monoisotopic (exact) mass is 425 g/mol. The van der Waals surface area contributed by atoms with Gasteiger partial charge in [-0.15, -0.1) is 0 Å². The van der Waals surface area contributed by atoms with Crippen LogP contribution in [0.5, 0.6) is 0 Å². The molecule has 0 aliphatic rings. The first kappa shape index (κ1) is 26.9. The predicted molar refractivity (Wildman–Crippen MR) is 103 cm³/mol. The van der Waals surface area contributed by atoms with Crippen molar-refractivity contribution in [2.45, 2.75) is 96.0 Å². The fourth-order valence-electron chi connectivity index (χ4n) is 2.72. The van der Waals surface area contributed by atoms with Crippen LogP contribution in [-0.2, 0) is 16.7 Å². The standard InChI is InChI=1S/C19H34N.CHF3O3S/c1-2-3-4-5-6-7-8-9-10-11-12-14-17-20-18-15-13-16-19-20;2-1(3,4)8(5,6)7/h13,15-16,18-19H,2-12,14,17H2,1H3;(H,5,6,7)/q+1;/p-1. The van der Waals surface area contributed by atoms with Crippen LogP contribution in [0.3, 0.4) is 0 Å². The Morgan fingerprint density at radius 3 is 1.46 bits per heavy atom. The number of hydrogen-bond acceptors (Lipinski definition) is 3. The molecule has 0 unspecified atom stereocenters. The molecule has 8 heteroatoms. The van der Waals surface area contributed by atoms with Gasteiger partial charge >= 0.3 is 5.51 Å². The topological polar surface area (TPSA) is 61.1 Å². The second-order valence-corrected chi connectivity index (χ2v) is 8.27. The number of halogens is 3. The van der Waals surface area contributed by atoms with E-state index in [9.17, 15) is 13.2 Å². The van der Waals surface area contributed by atoms with Gasteiger partial charge in [-0.3, -0.25) is 0 Å². The number of aryl methyl sites for hydroxylation is 1. The van der Waals surface area contributed by atoms with Crippen LogP contribution in [0.4, 0.5) is 13.2 Å². The molecule has 0 N–H and O–H groups in total. The lowest BCUT2D eigenvalue weighted by Crippen LogP contribution is -2.32. The van der Waals surface area contributed by atoms with Crippen molar-refractivity contribution in [2.24, 2.45) is 0 Å². The molecule has 0 aromatic carbocycles. The Bertz CT molecular complexity index is 578. The summed E-state index contributed by atoms with van der Waals surface area (Å²) >= 11 is 0. The quantitative estimate of drug-likeness (QED) is 0.176. The normalized spacial score (nSPS) is 11.8. The average molecular weight is 426 g/mol. The van der Waals surface area contributed by atoms with Crippen LogP contribution in [0.1, 0.15) is 84.0 Å². The molecule has 164 valence electrons. The number of hydrogen-bond donors (Lipinski definition) is 0. The highest BCUT2D eigenvalue weighted by Gasteiger charge is 2.36. The highest BCUT2D eigenvalue weighted by atomic mass is 32.2. The van der Waals surface area contributed by atoms with Gasteiger partial charge in [-0.1, -0.05) is 77.2 Å². The molecule has 1 heterocycles. The van der Waals surface area contributed by atoms with Crippen LogP contribution in [0.15, 0.2) is 30.6 Å². The van der Waals surface area contributed by atoms with E-state index < -0.39 is 15.6 Å². The zero-order valence-electron chi connectivity index (χ0n) is 16.8. The van der Waals surface area contributed by atoms with Crippen molar-refractivity contribution in [3.05, 3.63) is 30.6 Å². The molecule has 0 aliphatic heterocycles. The first-order valence-electron chi connectivity index (χ1n) is 10.1. The van der Waals surface area contributed by atoms with Gasteiger partial charge in [-0.25, -0.2) is 13.0 Å². The molecule has 0 aliphatic carbocycles. The molecule has 28 heavy (non-hydrogen) atoms. The SMILES string of the molecule is CCCCCCCCCCCCCC[n+]1ccccc1.O=S(=O)([O-])C(F)(F)F. The van der Waals surface area contributed by atoms with Crippen LogP contribution >= 0.6 is 0 Å². The van der Waals surface area contributed by atoms with Gasteiger partial charge in [-0.05, 0) is 6.42 Å². The van der Waals surface area contributed by atoms with Crippen molar-refractivity contribution in [1.82, 2.24) is 0 Å². The van der Waals surface area contributed by atoms with Gasteiger partial charge in [0.1, 0.15) is 6.54 Å². The maximum absolute atomic E-state index is 10.7. The molecule has 0 saturated heterocycles. The van der Waals surface area contributed by atoms with E-state index in [0.29, 0.717) is 0 Å². The Kier molecular flexibility index (Phi) is 15.1. The van der Waals surface area contributed by atoms with E-state index >= 15 is 0 Å². The van der Waals surface area contributed by atoms with Crippen molar-refractivity contribution < 1.29 is 30.7 Å². The summed E-state index contributed by atoms with van der Waals surface area (Å²) in [6.07, 6.45) is 21.4. The number of rotatable bonds is 13. The maximum atomic E-state index is 10.7. The number of unbranched alkanes of at least 4 members (excludes halogenated alkanes) is 11. The van der Waals surface area contributed by atoms with Gasteiger partial charge in [0.2, 0.25) is 0 Å².